The molecule has 0 aromatic carbocycles. The third-order valence-electron chi connectivity index (χ3n) is 6.19. The Morgan fingerprint density at radius 1 is 1.18 bits per heavy atom. The molecule has 0 amide bonds. The minimum Gasteiger partial charge on any atom is -0.481 e. The number of aliphatic hydroxyl groups excluding tert-OH is 1. The van der Waals surface area contributed by atoms with E-state index in [1.807, 2.05) is 0 Å². The highest BCUT2D eigenvalue weighted by Gasteiger charge is 2.64. The normalized spacial score (nSPS) is 51.2. The van der Waals surface area contributed by atoms with E-state index in [-0.39, 0.29) is 6.10 Å². The molecule has 0 radical (unpaired) electrons. The van der Waals surface area contributed by atoms with E-state index in [9.17, 15) is 15.0 Å². The first kappa shape index (κ1) is 11.5. The van der Waals surface area contributed by atoms with Gasteiger partial charge in [0.05, 0.1) is 11.5 Å². The van der Waals surface area contributed by atoms with Crippen molar-refractivity contribution in [3.8, 4) is 0 Å². The van der Waals surface area contributed by atoms with E-state index in [1.54, 1.807) is 0 Å². The van der Waals surface area contributed by atoms with Crippen LogP contribution in [-0.4, -0.2) is 22.3 Å². The van der Waals surface area contributed by atoms with Gasteiger partial charge in [0.1, 0.15) is 0 Å². The van der Waals surface area contributed by atoms with Crippen LogP contribution >= 0.6 is 0 Å². The summed E-state index contributed by atoms with van der Waals surface area (Å²) in [6.07, 6.45) is 4.01. The van der Waals surface area contributed by atoms with E-state index in [2.05, 4.69) is 13.8 Å². The monoisotopic (exact) mass is 238 g/mol. The van der Waals surface area contributed by atoms with Gasteiger partial charge in [0.25, 0.3) is 0 Å². The Bertz CT molecular complexity index is 352. The highest BCUT2D eigenvalue weighted by Crippen LogP contribution is 2.67. The molecule has 1 unspecified atom stereocenters. The Morgan fingerprint density at radius 3 is 2.24 bits per heavy atom. The molecule has 3 atom stereocenters. The van der Waals surface area contributed by atoms with Crippen molar-refractivity contribution in [1.29, 1.82) is 0 Å². The van der Waals surface area contributed by atoms with Crippen molar-refractivity contribution in [2.75, 3.05) is 0 Å². The van der Waals surface area contributed by atoms with Crippen molar-refractivity contribution >= 4 is 5.97 Å². The number of fused-ring (bicyclic) bond motifs is 2. The van der Waals surface area contributed by atoms with Crippen molar-refractivity contribution in [3.05, 3.63) is 0 Å². The largest absolute Gasteiger partial charge is 0.481 e. The standard InChI is InChI=1S/C14H22O3/c1-13(2)8-3-4-10(11(13)5-8)14(12(16)17)6-9(15)7-14/h8-11,15H,3-7H2,1-2H3,(H,16,17)/t8-,9?,10?,11-,14?/m0/s1. The molecule has 4 rings (SSSR count). The number of aliphatic hydroxyl groups is 1. The van der Waals surface area contributed by atoms with Crippen LogP contribution in [0, 0.1) is 28.6 Å². The summed E-state index contributed by atoms with van der Waals surface area (Å²) < 4.78 is 0. The molecule has 17 heavy (non-hydrogen) atoms. The smallest absolute Gasteiger partial charge is 0.310 e. The fraction of sp³-hybridized carbons (Fsp3) is 0.929. The van der Waals surface area contributed by atoms with Crippen LogP contribution in [0.2, 0.25) is 0 Å². The van der Waals surface area contributed by atoms with E-state index in [4.69, 9.17) is 0 Å². The van der Waals surface area contributed by atoms with E-state index in [1.165, 1.54) is 12.8 Å². The first-order valence-electron chi connectivity index (χ1n) is 6.79. The van der Waals surface area contributed by atoms with Gasteiger partial charge in [-0.1, -0.05) is 13.8 Å². The number of rotatable bonds is 2. The van der Waals surface area contributed by atoms with E-state index in [0.29, 0.717) is 30.1 Å². The summed E-state index contributed by atoms with van der Waals surface area (Å²) in [5.74, 6) is 0.988. The summed E-state index contributed by atoms with van der Waals surface area (Å²) in [4.78, 5) is 11.6. The van der Waals surface area contributed by atoms with E-state index in [0.717, 1.165) is 12.3 Å². The minimum atomic E-state index is -0.672. The zero-order valence-corrected chi connectivity index (χ0v) is 10.6. The second-order valence-corrected chi connectivity index (χ2v) is 7.07. The Morgan fingerprint density at radius 2 is 1.82 bits per heavy atom. The Hall–Kier alpha value is -0.570. The summed E-state index contributed by atoms with van der Waals surface area (Å²) in [5, 5.41) is 19.1. The van der Waals surface area contributed by atoms with Gasteiger partial charge in [-0.15, -0.1) is 0 Å². The molecule has 0 aliphatic heterocycles. The lowest BCUT2D eigenvalue weighted by atomic mass is 9.39. The van der Waals surface area contributed by atoms with Crippen LogP contribution in [-0.2, 0) is 4.79 Å². The number of hydrogen-bond donors (Lipinski definition) is 2. The molecule has 0 aromatic heterocycles. The summed E-state index contributed by atoms with van der Waals surface area (Å²) in [7, 11) is 0. The fourth-order valence-electron chi connectivity index (χ4n) is 4.89. The number of carbonyl (C=O) groups is 1. The average molecular weight is 238 g/mol. The van der Waals surface area contributed by atoms with Gasteiger partial charge in [-0.05, 0) is 55.3 Å². The topological polar surface area (TPSA) is 57.5 Å². The molecule has 4 aliphatic rings. The average Bonchev–Trinajstić information content (AvgIpc) is 2.23. The molecule has 4 saturated carbocycles. The molecule has 3 nitrogen and oxygen atoms in total. The van der Waals surface area contributed by atoms with Crippen LogP contribution in [0.3, 0.4) is 0 Å². The SMILES string of the molecule is CC1(C)[C@H]2CCC(C3(C(=O)O)CC(O)C3)[C@@H]1C2. The maximum Gasteiger partial charge on any atom is 0.310 e. The first-order chi connectivity index (χ1) is 7.88. The highest BCUT2D eigenvalue weighted by molar-refractivity contribution is 5.76. The van der Waals surface area contributed by atoms with Crippen LogP contribution in [0.5, 0.6) is 0 Å². The lowest BCUT2D eigenvalue weighted by Gasteiger charge is -2.65. The third kappa shape index (κ3) is 1.29. The Labute approximate surface area is 102 Å². The van der Waals surface area contributed by atoms with Gasteiger partial charge in [-0.3, -0.25) is 4.79 Å². The molecule has 3 heteroatoms. The van der Waals surface area contributed by atoms with Crippen molar-refractivity contribution in [3.63, 3.8) is 0 Å². The zero-order chi connectivity index (χ0) is 12.4. The van der Waals surface area contributed by atoms with Gasteiger partial charge in [0.15, 0.2) is 0 Å². The van der Waals surface area contributed by atoms with Crippen molar-refractivity contribution < 1.29 is 15.0 Å². The molecule has 2 N–H and O–H groups in total. The fourth-order valence-corrected chi connectivity index (χ4v) is 4.89. The molecule has 0 saturated heterocycles. The van der Waals surface area contributed by atoms with Crippen LogP contribution in [0.25, 0.3) is 0 Å². The number of carboxylic acid groups (broad SMARTS) is 1. The Balaban J connectivity index is 1.86. The molecule has 4 fully saturated rings. The molecule has 96 valence electrons. The molecule has 0 heterocycles. The predicted octanol–water partition coefficient (Wildman–Crippen LogP) is 2.28. The lowest BCUT2D eigenvalue weighted by Crippen LogP contribution is -2.62. The summed E-state index contributed by atoms with van der Waals surface area (Å²) >= 11 is 0. The van der Waals surface area contributed by atoms with Gasteiger partial charge in [-0.2, -0.15) is 0 Å². The Kier molecular flexibility index (Phi) is 2.20. The molecule has 4 aliphatic carbocycles. The van der Waals surface area contributed by atoms with Crippen LogP contribution < -0.4 is 0 Å². The summed E-state index contributed by atoms with van der Waals surface area (Å²) in [6, 6.07) is 0. The van der Waals surface area contributed by atoms with Gasteiger partial charge >= 0.3 is 5.97 Å². The van der Waals surface area contributed by atoms with Crippen molar-refractivity contribution in [2.24, 2.45) is 28.6 Å². The summed E-state index contributed by atoms with van der Waals surface area (Å²) in [6.45, 7) is 4.59. The van der Waals surface area contributed by atoms with Gasteiger partial charge in [0, 0.05) is 0 Å². The molecular weight excluding hydrogens is 216 g/mol. The minimum absolute atomic E-state index is 0.295. The van der Waals surface area contributed by atoms with Gasteiger partial charge in [0.2, 0.25) is 0 Å². The maximum absolute atomic E-state index is 11.6. The first-order valence-corrected chi connectivity index (χ1v) is 6.79. The second-order valence-electron chi connectivity index (χ2n) is 7.07. The second kappa shape index (κ2) is 3.25. The van der Waals surface area contributed by atoms with Crippen LogP contribution in [0.4, 0.5) is 0 Å². The van der Waals surface area contributed by atoms with Gasteiger partial charge in [-0.25, -0.2) is 0 Å². The maximum atomic E-state index is 11.6. The predicted molar refractivity (Wildman–Crippen MR) is 63.4 cm³/mol. The summed E-state index contributed by atoms with van der Waals surface area (Å²) in [5.41, 5.74) is -0.279. The van der Waals surface area contributed by atoms with E-state index < -0.39 is 11.4 Å². The van der Waals surface area contributed by atoms with Crippen LogP contribution in [0.15, 0.2) is 0 Å². The molecule has 2 bridgehead atoms. The van der Waals surface area contributed by atoms with Crippen molar-refractivity contribution in [2.45, 2.75) is 52.1 Å². The molecule has 0 aromatic rings. The molecular formula is C14H22O3. The quantitative estimate of drug-likeness (QED) is 0.776. The van der Waals surface area contributed by atoms with Gasteiger partial charge < -0.3 is 10.2 Å². The van der Waals surface area contributed by atoms with Crippen LogP contribution in [0.1, 0.15) is 46.0 Å². The number of aliphatic carboxylic acids is 1. The lowest BCUT2D eigenvalue weighted by molar-refractivity contribution is -0.204. The number of carboxylic acids is 1. The molecule has 0 spiro atoms. The van der Waals surface area contributed by atoms with Crippen molar-refractivity contribution in [1.82, 2.24) is 0 Å². The zero-order valence-electron chi connectivity index (χ0n) is 10.6. The third-order valence-corrected chi connectivity index (χ3v) is 6.19. The highest BCUT2D eigenvalue weighted by atomic mass is 16.4. The number of hydrogen-bond acceptors (Lipinski definition) is 2. The van der Waals surface area contributed by atoms with E-state index >= 15 is 0 Å².